The van der Waals surface area contributed by atoms with E-state index in [1.165, 1.54) is 18.3 Å². The molecule has 4 N–H and O–H groups in total. The third-order valence-corrected chi connectivity index (χ3v) is 4.82. The van der Waals surface area contributed by atoms with E-state index in [4.69, 9.17) is 10.5 Å². The Labute approximate surface area is 111 Å². The van der Waals surface area contributed by atoms with Gasteiger partial charge in [0.05, 0.1) is 12.1 Å². The average Bonchev–Trinajstić information content (AvgIpc) is 2.39. The summed E-state index contributed by atoms with van der Waals surface area (Å²) in [5, 5.41) is 9.49. The zero-order valence-corrected chi connectivity index (χ0v) is 11.2. The highest BCUT2D eigenvalue weighted by Crippen LogP contribution is 2.24. The van der Waals surface area contributed by atoms with Gasteiger partial charge in [0, 0.05) is 19.4 Å². The SMILES string of the molecule is Nc1ncccc1S(=O)(=O)NC1(CO)CCOCC1. The number of sulfonamides is 1. The summed E-state index contributed by atoms with van der Waals surface area (Å²) in [6.45, 7) is 0.535. The van der Waals surface area contributed by atoms with Crippen LogP contribution in [0.1, 0.15) is 12.8 Å². The van der Waals surface area contributed by atoms with Crippen LogP contribution in [-0.2, 0) is 14.8 Å². The van der Waals surface area contributed by atoms with Crippen LogP contribution in [0.3, 0.4) is 0 Å². The molecule has 0 bridgehead atoms. The molecule has 0 saturated carbocycles. The number of nitrogens with one attached hydrogen (secondary N) is 1. The van der Waals surface area contributed by atoms with Gasteiger partial charge in [-0.25, -0.2) is 18.1 Å². The Morgan fingerprint density at radius 3 is 2.74 bits per heavy atom. The third kappa shape index (κ3) is 3.03. The molecule has 1 aromatic heterocycles. The molecule has 0 aromatic carbocycles. The van der Waals surface area contributed by atoms with Crippen molar-refractivity contribution in [3.8, 4) is 0 Å². The van der Waals surface area contributed by atoms with Gasteiger partial charge in [0.25, 0.3) is 0 Å². The van der Waals surface area contributed by atoms with Crippen LogP contribution in [-0.4, -0.2) is 43.9 Å². The summed E-state index contributed by atoms with van der Waals surface area (Å²) in [5.41, 5.74) is 4.69. The largest absolute Gasteiger partial charge is 0.394 e. The van der Waals surface area contributed by atoms with Crippen LogP contribution < -0.4 is 10.5 Å². The summed E-state index contributed by atoms with van der Waals surface area (Å²) in [6.07, 6.45) is 2.26. The highest BCUT2D eigenvalue weighted by atomic mass is 32.2. The second-order valence-corrected chi connectivity index (χ2v) is 6.19. The maximum absolute atomic E-state index is 12.3. The first-order valence-electron chi connectivity index (χ1n) is 5.92. The molecule has 0 aliphatic carbocycles. The summed E-state index contributed by atoms with van der Waals surface area (Å²) < 4.78 is 32.3. The van der Waals surface area contributed by atoms with E-state index >= 15 is 0 Å². The maximum Gasteiger partial charge on any atom is 0.244 e. The molecule has 0 radical (unpaired) electrons. The standard InChI is InChI=1S/C11H17N3O4S/c12-10-9(2-1-5-13-10)19(16,17)14-11(8-15)3-6-18-7-4-11/h1-2,5,14-15H,3-4,6-8H2,(H2,12,13). The molecule has 8 heteroatoms. The van der Waals surface area contributed by atoms with Crippen LogP contribution in [0.25, 0.3) is 0 Å². The smallest absolute Gasteiger partial charge is 0.244 e. The van der Waals surface area contributed by atoms with Crippen LogP contribution in [0, 0.1) is 0 Å². The molecule has 2 rings (SSSR count). The fraction of sp³-hybridized carbons (Fsp3) is 0.545. The first kappa shape index (κ1) is 14.2. The number of aliphatic hydroxyl groups excluding tert-OH is 1. The van der Waals surface area contributed by atoms with Crippen molar-refractivity contribution in [1.29, 1.82) is 0 Å². The molecule has 0 amide bonds. The van der Waals surface area contributed by atoms with Crippen molar-refractivity contribution in [2.75, 3.05) is 25.6 Å². The van der Waals surface area contributed by atoms with Crippen molar-refractivity contribution in [2.45, 2.75) is 23.3 Å². The predicted octanol–water partition coefficient (Wildman–Crippen LogP) is -0.516. The van der Waals surface area contributed by atoms with Gasteiger partial charge < -0.3 is 15.6 Å². The zero-order valence-electron chi connectivity index (χ0n) is 10.4. The summed E-state index contributed by atoms with van der Waals surface area (Å²) in [4.78, 5) is 3.68. The number of ether oxygens (including phenoxy) is 1. The highest BCUT2D eigenvalue weighted by molar-refractivity contribution is 7.89. The number of hydrogen-bond donors (Lipinski definition) is 3. The van der Waals surface area contributed by atoms with Crippen LogP contribution in [0.2, 0.25) is 0 Å². The van der Waals surface area contributed by atoms with Crippen molar-refractivity contribution in [1.82, 2.24) is 9.71 Å². The van der Waals surface area contributed by atoms with Gasteiger partial charge >= 0.3 is 0 Å². The number of nitrogens with two attached hydrogens (primary N) is 1. The molecule has 106 valence electrons. The Bertz CT molecular complexity index is 541. The molecule has 2 heterocycles. The fourth-order valence-corrected chi connectivity index (χ4v) is 3.56. The van der Waals surface area contributed by atoms with Crippen molar-refractivity contribution in [2.24, 2.45) is 0 Å². The van der Waals surface area contributed by atoms with E-state index in [1.54, 1.807) is 0 Å². The fourth-order valence-electron chi connectivity index (χ4n) is 2.02. The summed E-state index contributed by atoms with van der Waals surface area (Å²) in [7, 11) is -3.81. The molecule has 1 aliphatic rings. The Kier molecular flexibility index (Phi) is 4.04. The Hall–Kier alpha value is -1.22. The second kappa shape index (κ2) is 5.41. The maximum atomic E-state index is 12.3. The van der Waals surface area contributed by atoms with E-state index in [-0.39, 0.29) is 17.3 Å². The monoisotopic (exact) mass is 287 g/mol. The summed E-state index contributed by atoms with van der Waals surface area (Å²) in [6, 6.07) is 2.88. The van der Waals surface area contributed by atoms with Crippen molar-refractivity contribution >= 4 is 15.8 Å². The molecule has 1 aromatic rings. The quantitative estimate of drug-likeness (QED) is 0.686. The number of pyridine rings is 1. The Morgan fingerprint density at radius 1 is 1.47 bits per heavy atom. The van der Waals surface area contributed by atoms with Gasteiger partial charge in [-0.05, 0) is 25.0 Å². The molecule has 1 aliphatic heterocycles. The van der Waals surface area contributed by atoms with Gasteiger partial charge in [0.15, 0.2) is 0 Å². The highest BCUT2D eigenvalue weighted by Gasteiger charge is 2.37. The molecular weight excluding hydrogens is 270 g/mol. The van der Waals surface area contributed by atoms with E-state index in [2.05, 4.69) is 9.71 Å². The number of hydrogen-bond acceptors (Lipinski definition) is 6. The van der Waals surface area contributed by atoms with Crippen molar-refractivity contribution < 1.29 is 18.3 Å². The first-order chi connectivity index (χ1) is 8.99. The second-order valence-electron chi connectivity index (χ2n) is 4.54. The van der Waals surface area contributed by atoms with Gasteiger partial charge in [0.2, 0.25) is 10.0 Å². The number of rotatable bonds is 4. The molecule has 1 saturated heterocycles. The summed E-state index contributed by atoms with van der Waals surface area (Å²) in [5.74, 6) is -0.0600. The van der Waals surface area contributed by atoms with Crippen molar-refractivity contribution in [3.05, 3.63) is 18.3 Å². The molecule has 1 fully saturated rings. The van der Waals surface area contributed by atoms with Gasteiger partial charge in [-0.3, -0.25) is 0 Å². The average molecular weight is 287 g/mol. The Morgan fingerprint density at radius 2 is 2.16 bits per heavy atom. The molecule has 0 unspecified atom stereocenters. The molecule has 19 heavy (non-hydrogen) atoms. The molecule has 0 spiro atoms. The lowest BCUT2D eigenvalue weighted by Crippen LogP contribution is -2.54. The van der Waals surface area contributed by atoms with E-state index in [0.717, 1.165) is 0 Å². The van der Waals surface area contributed by atoms with Gasteiger partial charge in [-0.1, -0.05) is 0 Å². The minimum atomic E-state index is -3.81. The number of anilines is 1. The van der Waals surface area contributed by atoms with E-state index in [1.807, 2.05) is 0 Å². The van der Waals surface area contributed by atoms with E-state index in [9.17, 15) is 13.5 Å². The molecular formula is C11H17N3O4S. The van der Waals surface area contributed by atoms with Gasteiger partial charge in [-0.2, -0.15) is 0 Å². The van der Waals surface area contributed by atoms with Gasteiger partial charge in [-0.15, -0.1) is 0 Å². The van der Waals surface area contributed by atoms with Crippen LogP contribution >= 0.6 is 0 Å². The molecule has 7 nitrogen and oxygen atoms in total. The lowest BCUT2D eigenvalue weighted by atomic mass is 9.93. The zero-order chi connectivity index (χ0) is 13.9. The lowest BCUT2D eigenvalue weighted by Gasteiger charge is -2.35. The third-order valence-electron chi connectivity index (χ3n) is 3.19. The lowest BCUT2D eigenvalue weighted by molar-refractivity contribution is 0.0223. The van der Waals surface area contributed by atoms with Gasteiger partial charge in [0.1, 0.15) is 10.7 Å². The minimum Gasteiger partial charge on any atom is -0.394 e. The number of aromatic nitrogens is 1. The van der Waals surface area contributed by atoms with E-state index < -0.39 is 15.6 Å². The van der Waals surface area contributed by atoms with Crippen molar-refractivity contribution in [3.63, 3.8) is 0 Å². The number of nitrogen functional groups attached to an aromatic ring is 1. The van der Waals surface area contributed by atoms with Crippen LogP contribution in [0.5, 0.6) is 0 Å². The minimum absolute atomic E-state index is 0.0600. The number of nitrogens with zero attached hydrogens (tertiary/aromatic N) is 1. The topological polar surface area (TPSA) is 115 Å². The van der Waals surface area contributed by atoms with Crippen LogP contribution in [0.4, 0.5) is 5.82 Å². The Balaban J connectivity index is 2.28. The first-order valence-corrected chi connectivity index (χ1v) is 7.40. The predicted molar refractivity (Wildman–Crippen MR) is 68.8 cm³/mol. The normalized spacial score (nSPS) is 19.2. The summed E-state index contributed by atoms with van der Waals surface area (Å²) >= 11 is 0. The molecule has 0 atom stereocenters. The number of aliphatic hydroxyl groups is 1. The van der Waals surface area contributed by atoms with E-state index in [0.29, 0.717) is 26.1 Å². The van der Waals surface area contributed by atoms with Crippen LogP contribution in [0.15, 0.2) is 23.2 Å².